The van der Waals surface area contributed by atoms with Gasteiger partial charge in [-0.2, -0.15) is 0 Å². The molecule has 1 aromatic carbocycles. The fourth-order valence-corrected chi connectivity index (χ4v) is 1.89. The van der Waals surface area contributed by atoms with Gasteiger partial charge in [0.25, 0.3) is 0 Å². The normalized spacial score (nSPS) is 10.2. The van der Waals surface area contributed by atoms with Gasteiger partial charge >= 0.3 is 5.97 Å². The van der Waals surface area contributed by atoms with Crippen LogP contribution < -0.4 is 10.1 Å². The van der Waals surface area contributed by atoms with Crippen molar-refractivity contribution in [2.45, 2.75) is 0 Å². The molecule has 0 unspecified atom stereocenters. The third-order valence-electron chi connectivity index (χ3n) is 2.52. The average Bonchev–Trinajstić information content (AvgIpc) is 2.43. The topological polar surface area (TPSA) is 71.5 Å². The maximum atomic E-state index is 11.0. The molecule has 0 amide bonds. The molecule has 0 saturated heterocycles. The van der Waals surface area contributed by atoms with Gasteiger partial charge in [0.15, 0.2) is 0 Å². The van der Waals surface area contributed by atoms with Crippen molar-refractivity contribution >= 4 is 40.7 Å². The van der Waals surface area contributed by atoms with Crippen LogP contribution in [0.2, 0.25) is 10.0 Å². The summed E-state index contributed by atoms with van der Waals surface area (Å²) in [6.45, 7) is 0. The first-order valence-corrected chi connectivity index (χ1v) is 6.26. The van der Waals surface area contributed by atoms with E-state index in [4.69, 9.17) is 33.0 Å². The molecule has 0 bridgehead atoms. The van der Waals surface area contributed by atoms with Crippen LogP contribution in [0.25, 0.3) is 0 Å². The number of nitrogens with one attached hydrogen (secondary N) is 1. The second-order valence-electron chi connectivity index (χ2n) is 3.83. The van der Waals surface area contributed by atoms with E-state index in [9.17, 15) is 4.79 Å². The molecular formula is C13H10Cl2N2O3. The number of nitrogens with zero attached hydrogens (tertiary/aromatic N) is 1. The van der Waals surface area contributed by atoms with Crippen molar-refractivity contribution in [1.29, 1.82) is 0 Å². The highest BCUT2D eigenvalue weighted by Gasteiger charge is 2.11. The highest BCUT2D eigenvalue weighted by Crippen LogP contribution is 2.29. The van der Waals surface area contributed by atoms with Crippen molar-refractivity contribution in [3.63, 3.8) is 0 Å². The predicted molar refractivity (Wildman–Crippen MR) is 77.5 cm³/mol. The van der Waals surface area contributed by atoms with E-state index in [-0.39, 0.29) is 10.6 Å². The van der Waals surface area contributed by atoms with E-state index in [1.807, 2.05) is 0 Å². The van der Waals surface area contributed by atoms with Gasteiger partial charge in [0.1, 0.15) is 11.6 Å². The molecule has 0 radical (unpaired) electrons. The molecule has 2 rings (SSSR count). The summed E-state index contributed by atoms with van der Waals surface area (Å²) in [5.41, 5.74) is 0.514. The van der Waals surface area contributed by atoms with Crippen LogP contribution in [-0.2, 0) is 0 Å². The van der Waals surface area contributed by atoms with Gasteiger partial charge in [-0.05, 0) is 18.2 Å². The number of ether oxygens (including phenoxy) is 1. The Hall–Kier alpha value is -1.98. The van der Waals surface area contributed by atoms with Gasteiger partial charge in [-0.15, -0.1) is 0 Å². The Balaban J connectivity index is 2.35. The van der Waals surface area contributed by atoms with Crippen molar-refractivity contribution in [3.8, 4) is 5.75 Å². The SMILES string of the molecule is COc1ccc(Cl)c(Nc2cc(C(=O)O)c(Cl)cn2)c1. The fraction of sp³-hybridized carbons (Fsp3) is 0.0769. The number of aromatic carboxylic acids is 1. The molecule has 1 aromatic heterocycles. The average molecular weight is 313 g/mol. The zero-order valence-corrected chi connectivity index (χ0v) is 11.9. The standard InChI is InChI=1S/C13H10Cl2N2O3/c1-20-7-2-3-9(14)11(4-7)17-12-5-8(13(18)19)10(15)6-16-12/h2-6H,1H3,(H,16,17)(H,18,19). The minimum absolute atomic E-state index is 0.0387. The number of carbonyl (C=O) groups is 1. The highest BCUT2D eigenvalue weighted by molar-refractivity contribution is 6.34. The summed E-state index contributed by atoms with van der Waals surface area (Å²) >= 11 is 11.8. The zero-order valence-electron chi connectivity index (χ0n) is 10.4. The van der Waals surface area contributed by atoms with Gasteiger partial charge < -0.3 is 15.2 Å². The summed E-state index contributed by atoms with van der Waals surface area (Å²) in [6.07, 6.45) is 1.27. The van der Waals surface area contributed by atoms with Crippen LogP contribution >= 0.6 is 23.2 Å². The summed E-state index contributed by atoms with van der Waals surface area (Å²) in [7, 11) is 1.54. The summed E-state index contributed by atoms with van der Waals surface area (Å²) in [5.74, 6) is -0.191. The summed E-state index contributed by atoms with van der Waals surface area (Å²) < 4.78 is 5.09. The second kappa shape index (κ2) is 5.98. The van der Waals surface area contributed by atoms with Crippen molar-refractivity contribution in [1.82, 2.24) is 4.98 Å². The maximum absolute atomic E-state index is 11.0. The van der Waals surface area contributed by atoms with Crippen molar-refractivity contribution in [3.05, 3.63) is 46.1 Å². The molecule has 2 aromatic rings. The zero-order chi connectivity index (χ0) is 14.7. The summed E-state index contributed by atoms with van der Waals surface area (Å²) in [5, 5.41) is 12.5. The van der Waals surface area contributed by atoms with Crippen molar-refractivity contribution in [2.75, 3.05) is 12.4 Å². The van der Waals surface area contributed by atoms with Crippen LogP contribution in [0.3, 0.4) is 0 Å². The Kier molecular flexibility index (Phi) is 4.32. The Bertz CT molecular complexity index is 662. The lowest BCUT2D eigenvalue weighted by atomic mass is 10.2. The third kappa shape index (κ3) is 3.12. The van der Waals surface area contributed by atoms with E-state index in [1.54, 1.807) is 18.2 Å². The second-order valence-corrected chi connectivity index (χ2v) is 4.64. The molecule has 2 N–H and O–H groups in total. The molecule has 104 valence electrons. The van der Waals surface area contributed by atoms with Crippen LogP contribution in [-0.4, -0.2) is 23.2 Å². The summed E-state index contributed by atoms with van der Waals surface area (Å²) in [4.78, 5) is 15.0. The molecule has 0 aliphatic rings. The minimum Gasteiger partial charge on any atom is -0.497 e. The molecule has 0 aliphatic carbocycles. The lowest BCUT2D eigenvalue weighted by Gasteiger charge is -2.10. The van der Waals surface area contributed by atoms with Crippen LogP contribution in [0.1, 0.15) is 10.4 Å². The Morgan fingerprint density at radius 2 is 2.05 bits per heavy atom. The third-order valence-corrected chi connectivity index (χ3v) is 3.15. The molecule has 20 heavy (non-hydrogen) atoms. The van der Waals surface area contributed by atoms with Crippen LogP contribution in [0, 0.1) is 0 Å². The first-order chi connectivity index (χ1) is 9.51. The molecule has 0 atom stereocenters. The molecule has 0 fully saturated rings. The van der Waals surface area contributed by atoms with Gasteiger partial charge in [0.05, 0.1) is 28.4 Å². The van der Waals surface area contributed by atoms with Gasteiger partial charge in [0, 0.05) is 12.3 Å². The van der Waals surface area contributed by atoms with Crippen LogP contribution in [0.5, 0.6) is 5.75 Å². The molecule has 5 nitrogen and oxygen atoms in total. The predicted octanol–water partition coefficient (Wildman–Crippen LogP) is 3.84. The largest absolute Gasteiger partial charge is 0.497 e. The number of pyridine rings is 1. The Morgan fingerprint density at radius 1 is 1.30 bits per heavy atom. The molecule has 0 aliphatic heterocycles. The van der Waals surface area contributed by atoms with Gasteiger partial charge in [0.2, 0.25) is 0 Å². The van der Waals surface area contributed by atoms with Crippen LogP contribution in [0.4, 0.5) is 11.5 Å². The van der Waals surface area contributed by atoms with E-state index in [2.05, 4.69) is 10.3 Å². The summed E-state index contributed by atoms with van der Waals surface area (Å²) in [6, 6.07) is 6.39. The molecular weight excluding hydrogens is 303 g/mol. The van der Waals surface area contributed by atoms with Crippen molar-refractivity contribution < 1.29 is 14.6 Å². The van der Waals surface area contributed by atoms with Gasteiger partial charge in [-0.1, -0.05) is 23.2 Å². The number of anilines is 2. The van der Waals surface area contributed by atoms with Crippen molar-refractivity contribution in [2.24, 2.45) is 0 Å². The quantitative estimate of drug-likeness (QED) is 0.897. The van der Waals surface area contributed by atoms with E-state index < -0.39 is 5.97 Å². The maximum Gasteiger partial charge on any atom is 0.337 e. The Morgan fingerprint density at radius 3 is 2.70 bits per heavy atom. The highest BCUT2D eigenvalue weighted by atomic mass is 35.5. The molecule has 7 heteroatoms. The molecule has 0 spiro atoms. The van der Waals surface area contributed by atoms with E-state index in [0.717, 1.165) is 0 Å². The number of benzene rings is 1. The van der Waals surface area contributed by atoms with Gasteiger partial charge in [-0.3, -0.25) is 0 Å². The molecule has 1 heterocycles. The number of halogens is 2. The first kappa shape index (κ1) is 14.4. The number of hydrogen-bond acceptors (Lipinski definition) is 4. The first-order valence-electron chi connectivity index (χ1n) is 5.50. The smallest absolute Gasteiger partial charge is 0.337 e. The monoisotopic (exact) mass is 312 g/mol. The van der Waals surface area contributed by atoms with E-state index >= 15 is 0 Å². The number of carboxylic acid groups (broad SMARTS) is 1. The lowest BCUT2D eigenvalue weighted by molar-refractivity contribution is 0.0697. The van der Waals surface area contributed by atoms with Gasteiger partial charge in [-0.25, -0.2) is 9.78 Å². The number of methoxy groups -OCH3 is 1. The van der Waals surface area contributed by atoms with E-state index in [1.165, 1.54) is 19.4 Å². The number of aromatic nitrogens is 1. The minimum atomic E-state index is -1.13. The van der Waals surface area contributed by atoms with Crippen LogP contribution in [0.15, 0.2) is 30.5 Å². The lowest BCUT2D eigenvalue weighted by Crippen LogP contribution is -2.01. The Labute approximate surface area is 125 Å². The molecule has 0 saturated carbocycles. The number of carboxylic acids is 1. The fourth-order valence-electron chi connectivity index (χ4n) is 1.54. The van der Waals surface area contributed by atoms with E-state index in [0.29, 0.717) is 22.3 Å². The number of hydrogen-bond donors (Lipinski definition) is 2. The number of rotatable bonds is 4.